The van der Waals surface area contributed by atoms with Crippen LogP contribution < -0.4 is 10.2 Å². The van der Waals surface area contributed by atoms with Crippen molar-refractivity contribution in [3.63, 3.8) is 0 Å². The fraction of sp³-hybridized carbons (Fsp3) is 0.250. The molecule has 1 saturated heterocycles. The maximum atomic E-state index is 12.1. The van der Waals surface area contributed by atoms with Crippen molar-refractivity contribution in [2.75, 3.05) is 23.3 Å². The van der Waals surface area contributed by atoms with Crippen molar-refractivity contribution >= 4 is 40.0 Å². The van der Waals surface area contributed by atoms with E-state index in [1.165, 1.54) is 12.8 Å². The summed E-state index contributed by atoms with van der Waals surface area (Å²) >= 11 is 2.22. The lowest BCUT2D eigenvalue weighted by Gasteiger charge is -2.16. The van der Waals surface area contributed by atoms with Gasteiger partial charge >= 0.3 is 0 Å². The summed E-state index contributed by atoms with van der Waals surface area (Å²) in [5.74, 6) is 0.877. The van der Waals surface area contributed by atoms with E-state index in [0.29, 0.717) is 5.56 Å². The zero-order valence-electron chi connectivity index (χ0n) is 11.6. The quantitative estimate of drug-likeness (QED) is 0.812. The summed E-state index contributed by atoms with van der Waals surface area (Å²) in [6.07, 6.45) is 4.18. The predicted molar refractivity (Wildman–Crippen MR) is 92.8 cm³/mol. The van der Waals surface area contributed by atoms with E-state index in [0.717, 1.165) is 28.2 Å². The van der Waals surface area contributed by atoms with E-state index in [4.69, 9.17) is 0 Å². The molecule has 1 amide bonds. The third-order valence-electron chi connectivity index (χ3n) is 3.54. The van der Waals surface area contributed by atoms with E-state index in [1.807, 2.05) is 36.4 Å². The van der Waals surface area contributed by atoms with Gasteiger partial charge in [0.2, 0.25) is 0 Å². The first-order valence-electron chi connectivity index (χ1n) is 7.00. The second-order valence-corrected chi connectivity index (χ2v) is 6.31. The first kappa shape index (κ1) is 14.3. The van der Waals surface area contributed by atoms with Gasteiger partial charge in [0.15, 0.2) is 0 Å². The number of hydrogen-bond donors (Lipinski definition) is 1. The van der Waals surface area contributed by atoms with Gasteiger partial charge < -0.3 is 10.2 Å². The van der Waals surface area contributed by atoms with Crippen LogP contribution in [0.5, 0.6) is 0 Å². The van der Waals surface area contributed by atoms with Crippen LogP contribution >= 0.6 is 22.6 Å². The molecule has 2 heterocycles. The summed E-state index contributed by atoms with van der Waals surface area (Å²) in [6, 6.07) is 11.4. The molecule has 1 N–H and O–H groups in total. The van der Waals surface area contributed by atoms with Gasteiger partial charge in [-0.05, 0) is 71.8 Å². The molecule has 108 valence electrons. The highest BCUT2D eigenvalue weighted by molar-refractivity contribution is 14.1. The summed E-state index contributed by atoms with van der Waals surface area (Å²) in [4.78, 5) is 18.8. The van der Waals surface area contributed by atoms with Crippen molar-refractivity contribution in [3.8, 4) is 0 Å². The van der Waals surface area contributed by atoms with Crippen molar-refractivity contribution in [1.29, 1.82) is 0 Å². The molecule has 5 heteroatoms. The smallest absolute Gasteiger partial charge is 0.255 e. The second-order valence-electron chi connectivity index (χ2n) is 5.06. The number of carbonyl (C=O) groups is 1. The molecule has 0 aliphatic carbocycles. The molecular formula is C16H16IN3O. The molecule has 0 unspecified atom stereocenters. The lowest BCUT2D eigenvalue weighted by Crippen LogP contribution is -2.19. The molecule has 0 radical (unpaired) electrons. The van der Waals surface area contributed by atoms with Gasteiger partial charge in [0.1, 0.15) is 5.82 Å². The van der Waals surface area contributed by atoms with Crippen LogP contribution in [0.3, 0.4) is 0 Å². The van der Waals surface area contributed by atoms with Gasteiger partial charge in [-0.25, -0.2) is 4.98 Å². The third kappa shape index (κ3) is 3.53. The number of nitrogens with one attached hydrogen (secondary N) is 1. The Bertz CT molecular complexity index is 619. The second kappa shape index (κ2) is 6.43. The molecule has 1 aromatic heterocycles. The van der Waals surface area contributed by atoms with Crippen LogP contribution in [0.15, 0.2) is 42.6 Å². The average molecular weight is 393 g/mol. The number of anilines is 2. The summed E-state index contributed by atoms with van der Waals surface area (Å²) in [6.45, 7) is 2.14. The standard InChI is InChI=1S/C16H16IN3O/c17-13-5-3-12(4-6-13)16(21)19-14-7-8-15(18-11-14)20-9-1-2-10-20/h3-8,11H,1-2,9-10H2,(H,19,21). The Hall–Kier alpha value is -1.63. The number of aromatic nitrogens is 1. The van der Waals surface area contributed by atoms with Crippen LogP contribution in [-0.4, -0.2) is 24.0 Å². The Morgan fingerprint density at radius 3 is 2.43 bits per heavy atom. The maximum absolute atomic E-state index is 12.1. The van der Waals surface area contributed by atoms with Crippen molar-refractivity contribution in [2.45, 2.75) is 12.8 Å². The number of benzene rings is 1. The highest BCUT2D eigenvalue weighted by atomic mass is 127. The third-order valence-corrected chi connectivity index (χ3v) is 4.26. The van der Waals surface area contributed by atoms with Crippen molar-refractivity contribution in [2.24, 2.45) is 0 Å². The monoisotopic (exact) mass is 393 g/mol. The number of rotatable bonds is 3. The Kier molecular flexibility index (Phi) is 4.38. The van der Waals surface area contributed by atoms with E-state index >= 15 is 0 Å². The van der Waals surface area contributed by atoms with Crippen LogP contribution in [-0.2, 0) is 0 Å². The molecular weight excluding hydrogens is 377 g/mol. The number of hydrogen-bond acceptors (Lipinski definition) is 3. The van der Waals surface area contributed by atoms with Crippen LogP contribution in [0.25, 0.3) is 0 Å². The minimum Gasteiger partial charge on any atom is -0.357 e. The van der Waals surface area contributed by atoms with Gasteiger partial charge in [-0.1, -0.05) is 0 Å². The molecule has 1 aromatic carbocycles. The molecule has 1 aliphatic rings. The summed E-state index contributed by atoms with van der Waals surface area (Å²) in [7, 11) is 0. The van der Waals surface area contributed by atoms with Crippen LogP contribution in [0.2, 0.25) is 0 Å². The maximum Gasteiger partial charge on any atom is 0.255 e. The molecule has 0 bridgehead atoms. The molecule has 0 saturated carbocycles. The number of nitrogens with zero attached hydrogens (tertiary/aromatic N) is 2. The zero-order chi connectivity index (χ0) is 14.7. The normalized spacial score (nSPS) is 14.2. The van der Waals surface area contributed by atoms with Gasteiger partial charge in [0.25, 0.3) is 5.91 Å². The average Bonchev–Trinajstić information content (AvgIpc) is 3.03. The molecule has 1 aliphatic heterocycles. The topological polar surface area (TPSA) is 45.2 Å². The van der Waals surface area contributed by atoms with Crippen molar-refractivity contribution < 1.29 is 4.79 Å². The molecule has 3 rings (SSSR count). The van der Waals surface area contributed by atoms with Crippen molar-refractivity contribution in [3.05, 3.63) is 51.7 Å². The lowest BCUT2D eigenvalue weighted by atomic mass is 10.2. The Balaban J connectivity index is 1.67. The van der Waals surface area contributed by atoms with Crippen LogP contribution in [0.4, 0.5) is 11.5 Å². The summed E-state index contributed by atoms with van der Waals surface area (Å²) in [5.41, 5.74) is 1.38. The predicted octanol–water partition coefficient (Wildman–Crippen LogP) is 3.54. The lowest BCUT2D eigenvalue weighted by molar-refractivity contribution is 0.102. The van der Waals surface area contributed by atoms with Gasteiger partial charge in [0.05, 0.1) is 11.9 Å². The first-order valence-corrected chi connectivity index (χ1v) is 8.08. The number of pyridine rings is 1. The van der Waals surface area contributed by atoms with Gasteiger partial charge in [0, 0.05) is 22.2 Å². The fourth-order valence-corrected chi connectivity index (χ4v) is 2.76. The molecule has 0 atom stereocenters. The van der Waals surface area contributed by atoms with Gasteiger partial charge in [-0.2, -0.15) is 0 Å². The van der Waals surface area contributed by atoms with Crippen molar-refractivity contribution in [1.82, 2.24) is 4.98 Å². The van der Waals surface area contributed by atoms with E-state index in [-0.39, 0.29) is 5.91 Å². The molecule has 1 fully saturated rings. The summed E-state index contributed by atoms with van der Waals surface area (Å²) < 4.78 is 1.11. The van der Waals surface area contributed by atoms with Gasteiger partial charge in [-0.15, -0.1) is 0 Å². The van der Waals surface area contributed by atoms with E-state index in [9.17, 15) is 4.79 Å². The van der Waals surface area contributed by atoms with E-state index < -0.39 is 0 Å². The number of carbonyl (C=O) groups excluding carboxylic acids is 1. The Labute approximate surface area is 137 Å². The number of halogens is 1. The van der Waals surface area contributed by atoms with Gasteiger partial charge in [-0.3, -0.25) is 4.79 Å². The Morgan fingerprint density at radius 2 is 1.81 bits per heavy atom. The van der Waals surface area contributed by atoms with Crippen LogP contribution in [0.1, 0.15) is 23.2 Å². The molecule has 2 aromatic rings. The Morgan fingerprint density at radius 1 is 1.10 bits per heavy atom. The summed E-state index contributed by atoms with van der Waals surface area (Å²) in [5, 5.41) is 2.87. The van der Waals surface area contributed by atoms with Crippen LogP contribution in [0, 0.1) is 3.57 Å². The van der Waals surface area contributed by atoms with E-state index in [2.05, 4.69) is 37.8 Å². The SMILES string of the molecule is O=C(Nc1ccc(N2CCCC2)nc1)c1ccc(I)cc1. The highest BCUT2D eigenvalue weighted by Crippen LogP contribution is 2.19. The highest BCUT2D eigenvalue weighted by Gasteiger charge is 2.13. The zero-order valence-corrected chi connectivity index (χ0v) is 13.7. The minimum absolute atomic E-state index is 0.109. The fourth-order valence-electron chi connectivity index (χ4n) is 2.40. The number of amides is 1. The molecule has 21 heavy (non-hydrogen) atoms. The molecule has 0 spiro atoms. The molecule has 4 nitrogen and oxygen atoms in total. The minimum atomic E-state index is -0.109. The first-order chi connectivity index (χ1) is 10.2. The van der Waals surface area contributed by atoms with E-state index in [1.54, 1.807) is 6.20 Å². The largest absolute Gasteiger partial charge is 0.357 e.